The van der Waals surface area contributed by atoms with Crippen LogP contribution in [0.4, 0.5) is 0 Å². The van der Waals surface area contributed by atoms with Crippen LogP contribution in [0.5, 0.6) is 0 Å². The highest BCUT2D eigenvalue weighted by Gasteiger charge is 2.50. The number of fused-ring (bicyclic) bond motifs is 9. The number of rotatable bonds is 6. The Morgan fingerprint density at radius 3 is 1.78 bits per heavy atom. The van der Waals surface area contributed by atoms with Crippen molar-refractivity contribution in [1.29, 1.82) is 0 Å². The smallest absolute Gasteiger partial charge is 0.155 e. The predicted molar refractivity (Wildman–Crippen MR) is 248 cm³/mol. The lowest BCUT2D eigenvalue weighted by Crippen LogP contribution is -2.31. The van der Waals surface area contributed by atoms with Gasteiger partial charge in [-0.2, -0.15) is 0 Å². The quantitative estimate of drug-likeness (QED) is 0.168. The molecule has 0 amide bonds. The molecular formula is C56H43N3S. The van der Waals surface area contributed by atoms with Crippen molar-refractivity contribution in [2.45, 2.75) is 48.4 Å². The van der Waals surface area contributed by atoms with Gasteiger partial charge in [-0.1, -0.05) is 176 Å². The minimum Gasteiger partial charge on any atom is -0.258 e. The van der Waals surface area contributed by atoms with Gasteiger partial charge >= 0.3 is 0 Å². The standard InChI is InChI=1S/C56H43N3S/c1-4-43-53(39-14-6-5-7-15-39)58-55(59-54(43)40-27-25-38(26-28-40)44-32-22-35(2)57-36(44)3)41-29-23-37(24-30-41)42-31-33-46-45-16-8-9-17-47(45)56(50(46)34-42)48-18-10-12-20-51(48)60-52-21-13-11-19-49(52)56/h5-34,43,54H,4H2,1-3H3. The average molecular weight is 790 g/mol. The van der Waals surface area contributed by atoms with Crippen molar-refractivity contribution in [2.75, 3.05) is 0 Å². The molecule has 1 spiro atoms. The summed E-state index contributed by atoms with van der Waals surface area (Å²) in [6, 6.07) is 66.8. The van der Waals surface area contributed by atoms with E-state index in [4.69, 9.17) is 15.0 Å². The SMILES string of the molecule is CCC1C(c2ccccc2)=NC(c2ccc(-c3ccc4c(c3)C3(c5ccccc5Sc5ccccc53)c3ccccc3-4)cc2)=NC1c1ccc(-c2ccc(C)nc2C)cc1. The zero-order chi connectivity index (χ0) is 40.4. The molecule has 3 nitrogen and oxygen atoms in total. The number of pyridine rings is 1. The number of aryl methyl sites for hydroxylation is 2. The third-order valence-electron chi connectivity index (χ3n) is 12.8. The molecule has 1 aromatic heterocycles. The van der Waals surface area contributed by atoms with Gasteiger partial charge in [-0.25, -0.2) is 4.99 Å². The second-order valence-corrected chi connectivity index (χ2v) is 17.3. The van der Waals surface area contributed by atoms with E-state index in [9.17, 15) is 0 Å². The summed E-state index contributed by atoms with van der Waals surface area (Å²) in [5, 5.41) is 0. The Morgan fingerprint density at radius 2 is 1.08 bits per heavy atom. The van der Waals surface area contributed by atoms with Gasteiger partial charge in [-0.15, -0.1) is 0 Å². The number of amidine groups is 1. The van der Waals surface area contributed by atoms with E-state index in [1.807, 2.05) is 18.7 Å². The number of aromatic nitrogens is 1. The average Bonchev–Trinajstić information content (AvgIpc) is 3.59. The second-order valence-electron chi connectivity index (χ2n) is 16.2. The number of hydrogen-bond acceptors (Lipinski definition) is 4. The van der Waals surface area contributed by atoms with Crippen molar-refractivity contribution in [1.82, 2.24) is 4.98 Å². The van der Waals surface area contributed by atoms with Crippen molar-refractivity contribution >= 4 is 23.3 Å². The maximum Gasteiger partial charge on any atom is 0.155 e. The zero-order valence-corrected chi connectivity index (χ0v) is 34.7. The molecule has 0 bridgehead atoms. The Morgan fingerprint density at radius 1 is 0.500 bits per heavy atom. The summed E-state index contributed by atoms with van der Waals surface area (Å²) in [7, 11) is 0. The van der Waals surface area contributed by atoms with Crippen LogP contribution in [-0.4, -0.2) is 16.5 Å². The second kappa shape index (κ2) is 14.6. The van der Waals surface area contributed by atoms with Crippen LogP contribution >= 0.6 is 11.8 Å². The lowest BCUT2D eigenvalue weighted by Gasteiger charge is -2.39. The van der Waals surface area contributed by atoms with Crippen LogP contribution in [0.1, 0.15) is 69.7 Å². The molecule has 2 aliphatic heterocycles. The molecule has 8 aromatic rings. The largest absolute Gasteiger partial charge is 0.258 e. The Balaban J connectivity index is 0.999. The Hall–Kier alpha value is -6.62. The molecule has 0 radical (unpaired) electrons. The number of hydrogen-bond donors (Lipinski definition) is 0. The normalized spacial score (nSPS) is 16.9. The minimum absolute atomic E-state index is 0.0717. The van der Waals surface area contributed by atoms with Crippen LogP contribution in [0.3, 0.4) is 0 Å². The van der Waals surface area contributed by atoms with Gasteiger partial charge in [0.1, 0.15) is 0 Å². The zero-order valence-electron chi connectivity index (χ0n) is 33.9. The van der Waals surface area contributed by atoms with Crippen molar-refractivity contribution in [3.05, 3.63) is 232 Å². The maximum absolute atomic E-state index is 5.47. The van der Waals surface area contributed by atoms with Crippen molar-refractivity contribution < 1.29 is 0 Å². The summed E-state index contributed by atoms with van der Waals surface area (Å²) in [5.41, 5.74) is 18.8. The van der Waals surface area contributed by atoms with Crippen LogP contribution in [0.2, 0.25) is 0 Å². The molecule has 60 heavy (non-hydrogen) atoms. The van der Waals surface area contributed by atoms with Gasteiger partial charge in [-0.3, -0.25) is 9.98 Å². The minimum atomic E-state index is -0.404. The van der Waals surface area contributed by atoms with Crippen molar-refractivity contribution in [3.8, 4) is 33.4 Å². The van der Waals surface area contributed by atoms with E-state index in [1.54, 1.807) is 0 Å². The van der Waals surface area contributed by atoms with Crippen molar-refractivity contribution in [3.63, 3.8) is 0 Å². The van der Waals surface area contributed by atoms with Gasteiger partial charge in [-0.05, 0) is 106 Å². The summed E-state index contributed by atoms with van der Waals surface area (Å²) in [4.78, 5) is 18.2. The molecule has 0 saturated carbocycles. The van der Waals surface area contributed by atoms with E-state index < -0.39 is 5.41 Å². The maximum atomic E-state index is 5.47. The molecule has 4 heteroatoms. The summed E-state index contributed by atoms with van der Waals surface area (Å²) in [6.07, 6.45) is 0.925. The van der Waals surface area contributed by atoms with Gasteiger partial charge in [0.15, 0.2) is 5.84 Å². The van der Waals surface area contributed by atoms with E-state index >= 15 is 0 Å². The first-order valence-corrected chi connectivity index (χ1v) is 21.8. The fourth-order valence-electron chi connectivity index (χ4n) is 10.0. The van der Waals surface area contributed by atoms with E-state index in [0.717, 1.165) is 46.0 Å². The van der Waals surface area contributed by atoms with Gasteiger partial charge in [0, 0.05) is 38.2 Å². The molecule has 11 rings (SSSR count). The molecular weight excluding hydrogens is 747 g/mol. The molecule has 0 N–H and O–H groups in total. The monoisotopic (exact) mass is 789 g/mol. The summed E-state index contributed by atoms with van der Waals surface area (Å²) < 4.78 is 0. The Bertz CT molecular complexity index is 2970. The van der Waals surface area contributed by atoms with Crippen LogP contribution in [0.25, 0.3) is 33.4 Å². The van der Waals surface area contributed by atoms with E-state index in [-0.39, 0.29) is 12.0 Å². The third kappa shape index (κ3) is 5.77. The molecule has 2 unspecified atom stereocenters. The lowest BCUT2D eigenvalue weighted by atomic mass is 9.67. The molecule has 1 aliphatic carbocycles. The fourth-order valence-corrected chi connectivity index (χ4v) is 11.2. The van der Waals surface area contributed by atoms with Gasteiger partial charge < -0.3 is 0 Å². The molecule has 2 atom stereocenters. The highest BCUT2D eigenvalue weighted by atomic mass is 32.2. The van der Waals surface area contributed by atoms with Crippen LogP contribution < -0.4 is 0 Å². The summed E-state index contributed by atoms with van der Waals surface area (Å²) >= 11 is 1.88. The van der Waals surface area contributed by atoms with E-state index in [0.29, 0.717) is 0 Å². The lowest BCUT2D eigenvalue weighted by molar-refractivity contribution is 0.532. The molecule has 288 valence electrons. The molecule has 0 saturated heterocycles. The summed E-state index contributed by atoms with van der Waals surface area (Å²) in [5.74, 6) is 0.911. The highest BCUT2D eigenvalue weighted by molar-refractivity contribution is 7.99. The van der Waals surface area contributed by atoms with Crippen molar-refractivity contribution in [2.24, 2.45) is 15.9 Å². The van der Waals surface area contributed by atoms with Gasteiger partial charge in [0.05, 0.1) is 17.2 Å². The highest BCUT2D eigenvalue weighted by Crippen LogP contribution is 2.62. The molecule has 0 fully saturated rings. The van der Waals surface area contributed by atoms with E-state index in [1.165, 1.54) is 65.4 Å². The van der Waals surface area contributed by atoms with Crippen LogP contribution in [0.15, 0.2) is 202 Å². The molecule has 3 heterocycles. The first-order chi connectivity index (χ1) is 29.5. The fraction of sp³-hybridized carbons (Fsp3) is 0.125. The third-order valence-corrected chi connectivity index (χ3v) is 14.0. The number of nitrogens with zero attached hydrogens (tertiary/aromatic N) is 3. The van der Waals surface area contributed by atoms with E-state index in [2.05, 4.69) is 196 Å². The van der Waals surface area contributed by atoms with Gasteiger partial charge in [0.2, 0.25) is 0 Å². The Labute approximate surface area is 356 Å². The number of aliphatic imine (C=N–C) groups is 2. The number of benzene rings is 7. The first-order valence-electron chi connectivity index (χ1n) is 21.0. The topological polar surface area (TPSA) is 37.6 Å². The summed E-state index contributed by atoms with van der Waals surface area (Å²) in [6.45, 7) is 6.38. The Kier molecular flexibility index (Phi) is 8.86. The molecule has 3 aliphatic rings. The molecule has 7 aromatic carbocycles. The first kappa shape index (κ1) is 36.5. The van der Waals surface area contributed by atoms with Crippen LogP contribution in [0, 0.1) is 19.8 Å². The van der Waals surface area contributed by atoms with Crippen LogP contribution in [-0.2, 0) is 5.41 Å². The predicted octanol–water partition coefficient (Wildman–Crippen LogP) is 13.9. The van der Waals surface area contributed by atoms with Gasteiger partial charge in [0.25, 0.3) is 0 Å².